The number of ether oxygens (including phenoxy) is 1. The van der Waals surface area contributed by atoms with Gasteiger partial charge in [0.15, 0.2) is 11.3 Å². The van der Waals surface area contributed by atoms with E-state index in [0.717, 1.165) is 16.7 Å². The Hall–Kier alpha value is -1.97. The Labute approximate surface area is 119 Å². The summed E-state index contributed by atoms with van der Waals surface area (Å²) in [7, 11) is 1.62. The zero-order valence-corrected chi connectivity index (χ0v) is 12.4. The molecule has 1 amide bonds. The molecule has 0 fully saturated rings. The SMILES string of the molecule is COc1cccc2cc([C@@H](C)NC(=O)CC(C)C)oc12. The summed E-state index contributed by atoms with van der Waals surface area (Å²) in [6.45, 7) is 5.97. The predicted octanol–water partition coefficient (Wildman–Crippen LogP) is 3.66. The first-order valence-corrected chi connectivity index (χ1v) is 6.87. The van der Waals surface area contributed by atoms with E-state index >= 15 is 0 Å². The molecule has 1 aromatic carbocycles. The Kier molecular flexibility index (Phi) is 4.32. The molecule has 1 atom stereocenters. The minimum Gasteiger partial charge on any atom is -0.493 e. The summed E-state index contributed by atoms with van der Waals surface area (Å²) in [5.74, 6) is 1.83. The fourth-order valence-corrected chi connectivity index (χ4v) is 2.17. The van der Waals surface area contributed by atoms with E-state index in [1.807, 2.05) is 45.0 Å². The lowest BCUT2D eigenvalue weighted by Gasteiger charge is -2.12. The van der Waals surface area contributed by atoms with E-state index in [0.29, 0.717) is 18.1 Å². The molecule has 0 aliphatic heterocycles. The molecule has 0 radical (unpaired) electrons. The zero-order valence-electron chi connectivity index (χ0n) is 12.4. The van der Waals surface area contributed by atoms with Gasteiger partial charge in [-0.2, -0.15) is 0 Å². The Morgan fingerprint density at radius 2 is 2.10 bits per heavy atom. The van der Waals surface area contributed by atoms with Gasteiger partial charge in [-0.1, -0.05) is 26.0 Å². The van der Waals surface area contributed by atoms with Crippen LogP contribution in [0.2, 0.25) is 0 Å². The first-order valence-electron chi connectivity index (χ1n) is 6.87. The van der Waals surface area contributed by atoms with E-state index in [9.17, 15) is 4.79 Å². The normalized spacial score (nSPS) is 12.7. The van der Waals surface area contributed by atoms with Crippen LogP contribution in [0.1, 0.15) is 39.0 Å². The van der Waals surface area contributed by atoms with Gasteiger partial charge in [0.25, 0.3) is 0 Å². The van der Waals surface area contributed by atoms with Gasteiger partial charge in [0.05, 0.1) is 13.2 Å². The van der Waals surface area contributed by atoms with E-state index in [4.69, 9.17) is 9.15 Å². The molecule has 0 saturated heterocycles. The summed E-state index contributed by atoms with van der Waals surface area (Å²) in [6.07, 6.45) is 0.522. The molecular weight excluding hydrogens is 254 g/mol. The summed E-state index contributed by atoms with van der Waals surface area (Å²) < 4.78 is 11.1. The molecule has 0 unspecified atom stereocenters. The minimum atomic E-state index is -0.154. The maximum absolute atomic E-state index is 11.8. The van der Waals surface area contributed by atoms with Gasteiger partial charge in [0.1, 0.15) is 5.76 Å². The number of carbonyl (C=O) groups excluding carboxylic acids is 1. The highest BCUT2D eigenvalue weighted by atomic mass is 16.5. The number of nitrogens with one attached hydrogen (secondary N) is 1. The molecule has 1 aromatic heterocycles. The number of methoxy groups -OCH3 is 1. The van der Waals surface area contributed by atoms with E-state index < -0.39 is 0 Å². The molecular formula is C16H21NO3. The van der Waals surface area contributed by atoms with Crippen LogP contribution in [-0.2, 0) is 4.79 Å². The van der Waals surface area contributed by atoms with Crippen LogP contribution < -0.4 is 10.1 Å². The van der Waals surface area contributed by atoms with Crippen molar-refractivity contribution in [1.29, 1.82) is 0 Å². The lowest BCUT2D eigenvalue weighted by atomic mass is 10.1. The molecule has 1 N–H and O–H groups in total. The van der Waals surface area contributed by atoms with Crippen LogP contribution in [-0.4, -0.2) is 13.0 Å². The number of hydrogen-bond donors (Lipinski definition) is 1. The Morgan fingerprint density at radius 3 is 2.75 bits per heavy atom. The van der Waals surface area contributed by atoms with Crippen molar-refractivity contribution in [2.75, 3.05) is 7.11 Å². The number of rotatable bonds is 5. The maximum atomic E-state index is 11.8. The highest BCUT2D eigenvalue weighted by molar-refractivity contribution is 5.84. The molecule has 0 saturated carbocycles. The third-order valence-electron chi connectivity index (χ3n) is 3.14. The quantitative estimate of drug-likeness (QED) is 0.906. The molecule has 0 aliphatic carbocycles. The molecule has 20 heavy (non-hydrogen) atoms. The highest BCUT2D eigenvalue weighted by Gasteiger charge is 2.16. The van der Waals surface area contributed by atoms with Crippen molar-refractivity contribution in [2.24, 2.45) is 5.92 Å². The number of hydrogen-bond acceptors (Lipinski definition) is 3. The summed E-state index contributed by atoms with van der Waals surface area (Å²) in [5, 5.41) is 3.93. The van der Waals surface area contributed by atoms with Gasteiger partial charge in [-0.25, -0.2) is 0 Å². The Morgan fingerprint density at radius 1 is 1.35 bits per heavy atom. The Balaban J connectivity index is 2.18. The van der Waals surface area contributed by atoms with Gasteiger partial charge in [-0.15, -0.1) is 0 Å². The van der Waals surface area contributed by atoms with E-state index in [1.54, 1.807) is 7.11 Å². The number of benzene rings is 1. The van der Waals surface area contributed by atoms with Crippen LogP contribution in [0.15, 0.2) is 28.7 Å². The second-order valence-electron chi connectivity index (χ2n) is 5.41. The van der Waals surface area contributed by atoms with Crippen LogP contribution >= 0.6 is 0 Å². The second kappa shape index (κ2) is 5.99. The van der Waals surface area contributed by atoms with Crippen LogP contribution in [0.5, 0.6) is 5.75 Å². The molecule has 4 nitrogen and oxygen atoms in total. The molecule has 0 aliphatic rings. The first-order chi connectivity index (χ1) is 9.51. The molecule has 2 aromatic rings. The van der Waals surface area contributed by atoms with Gasteiger partial charge in [-0.3, -0.25) is 4.79 Å². The minimum absolute atomic E-state index is 0.0416. The fourth-order valence-electron chi connectivity index (χ4n) is 2.17. The lowest BCUT2D eigenvalue weighted by Crippen LogP contribution is -2.27. The Bertz CT molecular complexity index is 601. The molecule has 2 rings (SSSR count). The van der Waals surface area contributed by atoms with Crippen molar-refractivity contribution < 1.29 is 13.9 Å². The number of carbonyl (C=O) groups is 1. The largest absolute Gasteiger partial charge is 0.493 e. The number of para-hydroxylation sites is 1. The van der Waals surface area contributed by atoms with Gasteiger partial charge in [-0.05, 0) is 25.0 Å². The van der Waals surface area contributed by atoms with Gasteiger partial charge in [0.2, 0.25) is 5.91 Å². The average molecular weight is 275 g/mol. The molecule has 0 spiro atoms. The first kappa shape index (κ1) is 14.4. The van der Waals surface area contributed by atoms with Crippen molar-refractivity contribution in [1.82, 2.24) is 5.32 Å². The van der Waals surface area contributed by atoms with Crippen molar-refractivity contribution in [3.05, 3.63) is 30.0 Å². The zero-order chi connectivity index (χ0) is 14.7. The molecule has 4 heteroatoms. The lowest BCUT2D eigenvalue weighted by molar-refractivity contribution is -0.122. The van der Waals surface area contributed by atoms with Crippen LogP contribution in [0.4, 0.5) is 0 Å². The number of furan rings is 1. The van der Waals surface area contributed by atoms with Crippen molar-refractivity contribution >= 4 is 16.9 Å². The number of amides is 1. The van der Waals surface area contributed by atoms with Crippen LogP contribution in [0.3, 0.4) is 0 Å². The average Bonchev–Trinajstić information content (AvgIpc) is 2.81. The van der Waals surface area contributed by atoms with Crippen LogP contribution in [0.25, 0.3) is 11.0 Å². The van der Waals surface area contributed by atoms with Gasteiger partial charge in [0, 0.05) is 11.8 Å². The van der Waals surface area contributed by atoms with Gasteiger partial charge < -0.3 is 14.5 Å². The van der Waals surface area contributed by atoms with Crippen molar-refractivity contribution in [3.63, 3.8) is 0 Å². The molecule has 0 bridgehead atoms. The van der Waals surface area contributed by atoms with Crippen molar-refractivity contribution in [2.45, 2.75) is 33.2 Å². The van der Waals surface area contributed by atoms with Crippen LogP contribution in [0, 0.1) is 5.92 Å². The topological polar surface area (TPSA) is 51.5 Å². The van der Waals surface area contributed by atoms with E-state index in [2.05, 4.69) is 5.32 Å². The fraction of sp³-hybridized carbons (Fsp3) is 0.438. The molecule has 108 valence electrons. The van der Waals surface area contributed by atoms with E-state index in [1.165, 1.54) is 0 Å². The molecule has 1 heterocycles. The third kappa shape index (κ3) is 3.13. The predicted molar refractivity (Wildman–Crippen MR) is 78.8 cm³/mol. The highest BCUT2D eigenvalue weighted by Crippen LogP contribution is 2.30. The van der Waals surface area contributed by atoms with E-state index in [-0.39, 0.29) is 11.9 Å². The summed E-state index contributed by atoms with van der Waals surface area (Å²) >= 11 is 0. The number of fused-ring (bicyclic) bond motifs is 1. The standard InChI is InChI=1S/C16H21NO3/c1-10(2)8-15(18)17-11(3)14-9-12-6-5-7-13(19-4)16(12)20-14/h5-7,9-11H,8H2,1-4H3,(H,17,18)/t11-/m1/s1. The summed E-state index contributed by atoms with van der Waals surface area (Å²) in [6, 6.07) is 7.53. The smallest absolute Gasteiger partial charge is 0.220 e. The van der Waals surface area contributed by atoms with Gasteiger partial charge >= 0.3 is 0 Å². The maximum Gasteiger partial charge on any atom is 0.220 e. The van der Waals surface area contributed by atoms with Crippen molar-refractivity contribution in [3.8, 4) is 5.75 Å². The summed E-state index contributed by atoms with van der Waals surface area (Å²) in [5.41, 5.74) is 0.718. The third-order valence-corrected chi connectivity index (χ3v) is 3.14. The second-order valence-corrected chi connectivity index (χ2v) is 5.41. The summed E-state index contributed by atoms with van der Waals surface area (Å²) in [4.78, 5) is 11.8. The monoisotopic (exact) mass is 275 g/mol.